The van der Waals surface area contributed by atoms with E-state index in [-0.39, 0.29) is 53.7 Å². The minimum atomic E-state index is -0.662. The molecule has 3 aliphatic rings. The summed E-state index contributed by atoms with van der Waals surface area (Å²) in [5, 5.41) is 18.4. The Morgan fingerprint density at radius 2 is 1.44 bits per heavy atom. The number of aromatic nitrogens is 2. The maximum Gasteiger partial charge on any atom is 0.255 e. The summed E-state index contributed by atoms with van der Waals surface area (Å²) in [6.07, 6.45) is 8.46. The molecule has 13 nitrogen and oxygen atoms in total. The third-order valence-electron chi connectivity index (χ3n) is 12.3. The van der Waals surface area contributed by atoms with Gasteiger partial charge in [0.1, 0.15) is 5.82 Å². The Kier molecular flexibility index (Phi) is 14.1. The summed E-state index contributed by atoms with van der Waals surface area (Å²) in [4.78, 5) is 60.0. The minimum absolute atomic E-state index is 0.0583. The topological polar surface area (TPSA) is 169 Å². The van der Waals surface area contributed by atoms with Gasteiger partial charge in [-0.15, -0.1) is 0 Å². The van der Waals surface area contributed by atoms with Gasteiger partial charge in [0.2, 0.25) is 17.8 Å². The number of benzene rings is 4. The Morgan fingerprint density at radius 1 is 0.766 bits per heavy atom. The summed E-state index contributed by atoms with van der Waals surface area (Å²) in [6, 6.07) is 25.9. The molecular weight excluding hydrogens is 840 g/mol. The lowest BCUT2D eigenvalue weighted by atomic mass is 9.89. The van der Waals surface area contributed by atoms with Crippen LogP contribution in [-0.2, 0) is 9.59 Å². The van der Waals surface area contributed by atoms with Crippen molar-refractivity contribution in [2.75, 3.05) is 40.5 Å². The van der Waals surface area contributed by atoms with Crippen molar-refractivity contribution in [2.24, 2.45) is 5.92 Å². The molecule has 4 aromatic carbocycles. The van der Waals surface area contributed by atoms with Gasteiger partial charge in [0.15, 0.2) is 11.6 Å². The van der Waals surface area contributed by atoms with Crippen LogP contribution in [0.2, 0.25) is 5.02 Å². The fourth-order valence-corrected chi connectivity index (χ4v) is 8.80. The first-order valence-corrected chi connectivity index (χ1v) is 22.2. The number of anilines is 6. The zero-order valence-electron chi connectivity index (χ0n) is 35.1. The van der Waals surface area contributed by atoms with Crippen molar-refractivity contribution in [1.29, 1.82) is 0 Å². The van der Waals surface area contributed by atoms with Gasteiger partial charge in [-0.05, 0) is 142 Å². The number of amides is 4. The second kappa shape index (κ2) is 20.4. The molecule has 8 rings (SSSR count). The van der Waals surface area contributed by atoms with E-state index in [1.807, 2.05) is 6.07 Å². The van der Waals surface area contributed by atoms with Gasteiger partial charge in [-0.1, -0.05) is 29.8 Å². The molecule has 0 spiro atoms. The largest absolute Gasteiger partial charge is 0.369 e. The Morgan fingerprint density at radius 3 is 2.12 bits per heavy atom. The van der Waals surface area contributed by atoms with Crippen molar-refractivity contribution in [3.63, 3.8) is 0 Å². The Balaban J connectivity index is 0.729. The number of carbonyl (C=O) groups is 4. The van der Waals surface area contributed by atoms with Crippen molar-refractivity contribution in [1.82, 2.24) is 25.9 Å². The Labute approximate surface area is 375 Å². The summed E-state index contributed by atoms with van der Waals surface area (Å²) in [5.74, 6) is -1.96. The number of para-hydroxylation sites is 1. The summed E-state index contributed by atoms with van der Waals surface area (Å²) in [5.41, 5.74) is 3.71. The average Bonchev–Trinajstić information content (AvgIpc) is 3.29. The third kappa shape index (κ3) is 11.2. The number of hydrogen-bond donors (Lipinski definition) is 6. The van der Waals surface area contributed by atoms with Crippen molar-refractivity contribution < 1.29 is 28.0 Å². The number of hydrogen-bond acceptors (Lipinski definition) is 10. The molecule has 0 bridgehead atoms. The van der Waals surface area contributed by atoms with Crippen LogP contribution >= 0.6 is 11.6 Å². The fraction of sp³-hybridized carbons (Fsp3) is 0.333. The fourth-order valence-electron chi connectivity index (χ4n) is 8.62. The SMILES string of the molecule is O=C1CCC(c2ccc(N3CCC(CCNC4CCC(NC(=O)c5ccc(Nc6ncc(F)c(Nc7ccc(C(=O)Nc8ccccc8Cl)cc7)n6)cc5)CC4)CC3)c(F)c2)C(=O)N1. The molecule has 1 unspecified atom stereocenters. The van der Waals surface area contributed by atoms with Crippen molar-refractivity contribution in [3.05, 3.63) is 131 Å². The zero-order valence-corrected chi connectivity index (χ0v) is 35.9. The van der Waals surface area contributed by atoms with Crippen LogP contribution in [0.1, 0.15) is 90.0 Å². The predicted molar refractivity (Wildman–Crippen MR) is 243 cm³/mol. The van der Waals surface area contributed by atoms with E-state index in [2.05, 4.69) is 46.8 Å². The highest BCUT2D eigenvalue weighted by molar-refractivity contribution is 6.33. The Hall–Kier alpha value is -6.45. The van der Waals surface area contributed by atoms with Crippen LogP contribution < -0.4 is 36.8 Å². The summed E-state index contributed by atoms with van der Waals surface area (Å²) < 4.78 is 29.9. The lowest BCUT2D eigenvalue weighted by Gasteiger charge is -2.35. The van der Waals surface area contributed by atoms with E-state index in [9.17, 15) is 23.6 Å². The van der Waals surface area contributed by atoms with Gasteiger partial charge >= 0.3 is 0 Å². The van der Waals surface area contributed by atoms with Crippen molar-refractivity contribution in [3.8, 4) is 0 Å². The second-order valence-electron chi connectivity index (χ2n) is 16.6. The lowest BCUT2D eigenvalue weighted by molar-refractivity contribution is -0.134. The highest BCUT2D eigenvalue weighted by Crippen LogP contribution is 2.32. The van der Waals surface area contributed by atoms with Gasteiger partial charge in [-0.3, -0.25) is 24.5 Å². The Bertz CT molecular complexity index is 2480. The van der Waals surface area contributed by atoms with Gasteiger partial charge < -0.3 is 31.5 Å². The van der Waals surface area contributed by atoms with Crippen LogP contribution in [0, 0.1) is 17.6 Å². The molecule has 4 amide bonds. The molecule has 3 fully saturated rings. The number of nitrogens with one attached hydrogen (secondary N) is 6. The number of carbonyl (C=O) groups excluding carboxylic acids is 4. The number of imide groups is 1. The quantitative estimate of drug-likeness (QED) is 0.0594. The first-order chi connectivity index (χ1) is 31.0. The smallest absolute Gasteiger partial charge is 0.255 e. The molecule has 3 heterocycles. The highest BCUT2D eigenvalue weighted by atomic mass is 35.5. The molecule has 2 saturated heterocycles. The van der Waals surface area contributed by atoms with E-state index in [0.717, 1.165) is 70.8 Å². The molecule has 6 N–H and O–H groups in total. The van der Waals surface area contributed by atoms with E-state index >= 15 is 4.39 Å². The van der Waals surface area contributed by atoms with E-state index in [4.69, 9.17) is 11.6 Å². The van der Waals surface area contributed by atoms with E-state index in [1.54, 1.807) is 78.9 Å². The maximum absolute atomic E-state index is 15.2. The normalized spacial score (nSPS) is 19.1. The molecule has 16 heteroatoms. The zero-order chi connectivity index (χ0) is 44.6. The summed E-state index contributed by atoms with van der Waals surface area (Å²) >= 11 is 6.15. The van der Waals surface area contributed by atoms with Crippen LogP contribution in [0.25, 0.3) is 0 Å². The van der Waals surface area contributed by atoms with Gasteiger partial charge in [0, 0.05) is 54.1 Å². The third-order valence-corrected chi connectivity index (χ3v) is 12.6. The van der Waals surface area contributed by atoms with Crippen molar-refractivity contribution in [2.45, 2.75) is 75.8 Å². The highest BCUT2D eigenvalue weighted by Gasteiger charge is 2.30. The predicted octanol–water partition coefficient (Wildman–Crippen LogP) is 8.61. The summed E-state index contributed by atoms with van der Waals surface area (Å²) in [6.45, 7) is 2.48. The van der Waals surface area contributed by atoms with Crippen LogP contribution in [0.5, 0.6) is 0 Å². The molecule has 1 saturated carbocycles. The molecule has 64 heavy (non-hydrogen) atoms. The minimum Gasteiger partial charge on any atom is -0.369 e. The first-order valence-electron chi connectivity index (χ1n) is 21.8. The molecule has 2 aliphatic heterocycles. The molecule has 1 aromatic heterocycles. The summed E-state index contributed by atoms with van der Waals surface area (Å²) in [7, 11) is 0. The average molecular weight is 890 g/mol. The number of halogens is 3. The van der Waals surface area contributed by atoms with E-state index in [0.29, 0.717) is 62.8 Å². The van der Waals surface area contributed by atoms with Gasteiger partial charge in [-0.2, -0.15) is 4.98 Å². The number of nitrogens with zero attached hydrogens (tertiary/aromatic N) is 3. The van der Waals surface area contributed by atoms with Gasteiger partial charge in [0.25, 0.3) is 11.8 Å². The van der Waals surface area contributed by atoms with Crippen LogP contribution in [0.4, 0.5) is 43.3 Å². The van der Waals surface area contributed by atoms with E-state index < -0.39 is 11.7 Å². The van der Waals surface area contributed by atoms with Crippen molar-refractivity contribution >= 4 is 69.7 Å². The number of piperidine rings is 2. The molecular formula is C48H50ClF2N9O4. The van der Waals surface area contributed by atoms with Crippen LogP contribution in [0.3, 0.4) is 0 Å². The molecule has 5 aromatic rings. The lowest BCUT2D eigenvalue weighted by Crippen LogP contribution is -2.42. The number of rotatable bonds is 14. The maximum atomic E-state index is 15.2. The van der Waals surface area contributed by atoms with E-state index in [1.165, 1.54) is 6.07 Å². The molecule has 332 valence electrons. The van der Waals surface area contributed by atoms with Gasteiger partial charge in [-0.25, -0.2) is 13.8 Å². The first kappa shape index (κ1) is 44.2. The standard InChI is InChI=1S/C48H50ClF2N9O4/c49-38-3-1-2-4-41(38)57-46(63)31-5-10-34(11-6-31)54-44-40(51)28-53-48(59-44)56-36-12-7-30(8-13-36)45(62)55-35-16-14-33(15-17-35)52-24-21-29-22-25-60(26-23-29)42-19-9-32(27-39(42)50)37-18-20-43(61)58-47(37)64/h1-13,19,27-29,33,35,37,52H,14-18,20-26H2,(H,55,62)(H,57,63)(H,58,61,64)(H2,53,54,56,59). The second-order valence-corrected chi connectivity index (χ2v) is 17.0. The van der Waals surface area contributed by atoms with Crippen LogP contribution in [0.15, 0.2) is 97.2 Å². The molecule has 0 radical (unpaired) electrons. The monoisotopic (exact) mass is 889 g/mol. The van der Waals surface area contributed by atoms with Crippen LogP contribution in [-0.4, -0.2) is 65.3 Å². The molecule has 1 aliphatic carbocycles. The molecule has 1 atom stereocenters. The van der Waals surface area contributed by atoms with Gasteiger partial charge in [0.05, 0.1) is 28.5 Å².